The van der Waals surface area contributed by atoms with Crippen molar-refractivity contribution in [3.63, 3.8) is 0 Å². The molecule has 7 nitrogen and oxygen atoms in total. The highest BCUT2D eigenvalue weighted by atomic mass is 19.4. The Kier molecular flexibility index (Phi) is 10.1. The number of benzene rings is 3. The molecule has 0 unspecified atom stereocenters. The number of carbonyl (C=O) groups is 3. The zero-order valence-corrected chi connectivity index (χ0v) is 21.5. The molecular formula is C29H28F3NO6. The third-order valence-electron chi connectivity index (χ3n) is 5.76. The van der Waals surface area contributed by atoms with Crippen LogP contribution in [0.4, 0.5) is 18.9 Å². The van der Waals surface area contributed by atoms with Crippen LogP contribution >= 0.6 is 0 Å². The van der Waals surface area contributed by atoms with Crippen LogP contribution in [-0.2, 0) is 33.3 Å². The average Bonchev–Trinajstić information content (AvgIpc) is 2.93. The van der Waals surface area contributed by atoms with E-state index in [-0.39, 0.29) is 42.0 Å². The van der Waals surface area contributed by atoms with Gasteiger partial charge in [0.2, 0.25) is 5.91 Å². The Morgan fingerprint density at radius 1 is 0.795 bits per heavy atom. The average molecular weight is 544 g/mol. The first-order valence-electron chi connectivity index (χ1n) is 12.1. The van der Waals surface area contributed by atoms with Gasteiger partial charge in [-0.3, -0.25) is 4.79 Å². The van der Waals surface area contributed by atoms with Gasteiger partial charge < -0.3 is 19.5 Å². The van der Waals surface area contributed by atoms with Crippen molar-refractivity contribution in [3.8, 4) is 5.75 Å². The number of nitrogens with one attached hydrogen (secondary N) is 1. The van der Waals surface area contributed by atoms with Crippen LogP contribution in [0.2, 0.25) is 0 Å². The van der Waals surface area contributed by atoms with Crippen molar-refractivity contribution in [1.29, 1.82) is 0 Å². The molecule has 0 saturated heterocycles. The van der Waals surface area contributed by atoms with Gasteiger partial charge in [-0.25, -0.2) is 9.59 Å². The SMILES string of the molecule is COC(=O)c1cc(NC(=O)CCc2ccc(OCCCc3ccccc3)c(C(F)(F)F)c2)cc(C(=O)OC)c1. The van der Waals surface area contributed by atoms with Gasteiger partial charge in [0, 0.05) is 12.1 Å². The van der Waals surface area contributed by atoms with E-state index in [9.17, 15) is 27.6 Å². The smallest absolute Gasteiger partial charge is 0.419 e. The minimum atomic E-state index is -4.63. The summed E-state index contributed by atoms with van der Waals surface area (Å²) in [4.78, 5) is 36.4. The first kappa shape index (κ1) is 29.2. The van der Waals surface area contributed by atoms with Crippen LogP contribution in [0.5, 0.6) is 5.75 Å². The lowest BCUT2D eigenvalue weighted by molar-refractivity contribution is -0.139. The van der Waals surface area contributed by atoms with Gasteiger partial charge in [0.15, 0.2) is 0 Å². The van der Waals surface area contributed by atoms with Crippen molar-refractivity contribution in [2.75, 3.05) is 26.1 Å². The van der Waals surface area contributed by atoms with Crippen LogP contribution < -0.4 is 10.1 Å². The zero-order valence-electron chi connectivity index (χ0n) is 21.5. The van der Waals surface area contributed by atoms with Crippen molar-refractivity contribution in [2.24, 2.45) is 0 Å². The number of aryl methyl sites for hydroxylation is 2. The summed E-state index contributed by atoms with van der Waals surface area (Å²) >= 11 is 0. The molecular weight excluding hydrogens is 515 g/mol. The van der Waals surface area contributed by atoms with Gasteiger partial charge in [0.1, 0.15) is 5.75 Å². The van der Waals surface area contributed by atoms with Crippen molar-refractivity contribution in [3.05, 3.63) is 94.5 Å². The number of amides is 1. The Balaban J connectivity index is 1.64. The van der Waals surface area contributed by atoms with E-state index in [4.69, 9.17) is 4.74 Å². The van der Waals surface area contributed by atoms with Crippen molar-refractivity contribution >= 4 is 23.5 Å². The number of methoxy groups -OCH3 is 2. The largest absolute Gasteiger partial charge is 0.493 e. The van der Waals surface area contributed by atoms with E-state index in [2.05, 4.69) is 14.8 Å². The van der Waals surface area contributed by atoms with Crippen LogP contribution in [0.3, 0.4) is 0 Å². The molecule has 0 atom stereocenters. The number of ether oxygens (including phenoxy) is 3. The monoisotopic (exact) mass is 543 g/mol. The minimum absolute atomic E-state index is 0.0176. The van der Waals surface area contributed by atoms with Gasteiger partial charge >= 0.3 is 18.1 Å². The zero-order chi connectivity index (χ0) is 28.4. The summed E-state index contributed by atoms with van der Waals surface area (Å²) in [5.74, 6) is -2.24. The predicted octanol–water partition coefficient (Wildman–Crippen LogP) is 5.86. The number of hydrogen-bond acceptors (Lipinski definition) is 6. The molecule has 0 spiro atoms. The third kappa shape index (κ3) is 8.59. The predicted molar refractivity (Wildman–Crippen MR) is 138 cm³/mol. The molecule has 3 aromatic carbocycles. The normalized spacial score (nSPS) is 11.0. The number of rotatable bonds is 11. The molecule has 0 radical (unpaired) electrons. The van der Waals surface area contributed by atoms with Gasteiger partial charge in [-0.15, -0.1) is 0 Å². The fourth-order valence-electron chi connectivity index (χ4n) is 3.84. The summed E-state index contributed by atoms with van der Waals surface area (Å²) in [6.07, 6.45) is -3.53. The summed E-state index contributed by atoms with van der Waals surface area (Å²) in [6, 6.07) is 17.2. The first-order chi connectivity index (χ1) is 18.6. The lowest BCUT2D eigenvalue weighted by Crippen LogP contribution is -2.15. The number of carbonyl (C=O) groups excluding carboxylic acids is 3. The highest BCUT2D eigenvalue weighted by molar-refractivity contribution is 5.99. The molecule has 0 saturated carbocycles. The molecule has 0 aliphatic heterocycles. The Labute approximate surface area is 223 Å². The summed E-state index contributed by atoms with van der Waals surface area (Å²) in [7, 11) is 2.34. The molecule has 206 valence electrons. The summed E-state index contributed by atoms with van der Waals surface area (Å²) in [6.45, 7) is 0.123. The maximum absolute atomic E-state index is 13.7. The number of alkyl halides is 3. The minimum Gasteiger partial charge on any atom is -0.493 e. The molecule has 1 N–H and O–H groups in total. The van der Waals surface area contributed by atoms with Crippen LogP contribution in [0, 0.1) is 0 Å². The molecule has 1 amide bonds. The van der Waals surface area contributed by atoms with Crippen LogP contribution in [0.25, 0.3) is 0 Å². The fraction of sp³-hybridized carbons (Fsp3) is 0.276. The lowest BCUT2D eigenvalue weighted by atomic mass is 10.0. The maximum Gasteiger partial charge on any atom is 0.419 e. The van der Waals surface area contributed by atoms with Crippen molar-refractivity contribution in [1.82, 2.24) is 0 Å². The van der Waals surface area contributed by atoms with Crippen LogP contribution in [0.15, 0.2) is 66.7 Å². The molecule has 3 rings (SSSR count). The van der Waals surface area contributed by atoms with E-state index in [1.165, 1.54) is 44.6 Å². The molecule has 0 aliphatic rings. The standard InChI is InChI=1S/C29H28F3NO6/c1-37-27(35)21-16-22(28(36)38-2)18-23(17-21)33-26(34)13-11-20-10-12-25(24(15-20)29(30,31)32)39-14-6-9-19-7-4-3-5-8-19/h3-5,7-8,10,12,15-18H,6,9,11,13-14H2,1-2H3,(H,33,34). The second-order valence-electron chi connectivity index (χ2n) is 8.60. The van der Waals surface area contributed by atoms with E-state index < -0.39 is 29.6 Å². The molecule has 0 bridgehead atoms. The Bertz CT molecular complexity index is 1270. The van der Waals surface area contributed by atoms with Gasteiger partial charge in [-0.2, -0.15) is 13.2 Å². The third-order valence-corrected chi connectivity index (χ3v) is 5.76. The topological polar surface area (TPSA) is 90.9 Å². The van der Waals surface area contributed by atoms with E-state index in [0.717, 1.165) is 11.6 Å². The quantitative estimate of drug-likeness (QED) is 0.241. The molecule has 0 heterocycles. The molecule has 3 aromatic rings. The van der Waals surface area contributed by atoms with E-state index in [0.29, 0.717) is 18.4 Å². The van der Waals surface area contributed by atoms with E-state index >= 15 is 0 Å². The highest BCUT2D eigenvalue weighted by Gasteiger charge is 2.34. The fourth-order valence-corrected chi connectivity index (χ4v) is 3.84. The second kappa shape index (κ2) is 13.5. The number of halogens is 3. The van der Waals surface area contributed by atoms with E-state index in [1.807, 2.05) is 30.3 Å². The number of esters is 2. The summed E-state index contributed by atoms with van der Waals surface area (Å²) in [5, 5.41) is 2.55. The van der Waals surface area contributed by atoms with Crippen LogP contribution in [0.1, 0.15) is 50.2 Å². The Hall–Kier alpha value is -4.34. The number of anilines is 1. The van der Waals surface area contributed by atoms with Crippen molar-refractivity contribution in [2.45, 2.75) is 31.9 Å². The highest BCUT2D eigenvalue weighted by Crippen LogP contribution is 2.37. The molecule has 0 aliphatic carbocycles. The Morgan fingerprint density at radius 3 is 2.03 bits per heavy atom. The number of hydrogen-bond donors (Lipinski definition) is 1. The molecule has 0 fully saturated rings. The van der Waals surface area contributed by atoms with Gasteiger partial charge in [0.25, 0.3) is 0 Å². The first-order valence-corrected chi connectivity index (χ1v) is 12.1. The Morgan fingerprint density at radius 2 is 1.44 bits per heavy atom. The molecule has 39 heavy (non-hydrogen) atoms. The van der Waals surface area contributed by atoms with Crippen molar-refractivity contribution < 1.29 is 41.8 Å². The van der Waals surface area contributed by atoms with Gasteiger partial charge in [-0.1, -0.05) is 36.4 Å². The molecule has 0 aromatic heterocycles. The van der Waals surface area contributed by atoms with E-state index in [1.54, 1.807) is 0 Å². The van der Waals surface area contributed by atoms with Crippen LogP contribution in [-0.4, -0.2) is 38.7 Å². The maximum atomic E-state index is 13.7. The van der Waals surface area contributed by atoms with Gasteiger partial charge in [-0.05, 0) is 60.7 Å². The summed E-state index contributed by atoms with van der Waals surface area (Å²) in [5.41, 5.74) is 0.638. The lowest BCUT2D eigenvalue weighted by Gasteiger charge is -2.15. The second-order valence-corrected chi connectivity index (χ2v) is 8.60. The van der Waals surface area contributed by atoms with Gasteiger partial charge in [0.05, 0.1) is 37.5 Å². The molecule has 10 heteroatoms. The summed E-state index contributed by atoms with van der Waals surface area (Å²) < 4.78 is 55.9.